The van der Waals surface area contributed by atoms with E-state index in [9.17, 15) is 0 Å². The highest BCUT2D eigenvalue weighted by atomic mass is 31.2. The molecule has 8 nitrogen and oxygen atoms in total. The van der Waals surface area contributed by atoms with Crippen molar-refractivity contribution in [2.45, 2.75) is 64.9 Å². The molecule has 4 aliphatic heterocycles. The second-order valence-electron chi connectivity index (χ2n) is 10.9. The van der Waals surface area contributed by atoms with Crippen LogP contribution in [-0.2, 0) is 36.6 Å². The highest BCUT2D eigenvalue weighted by Gasteiger charge is 2.58. The van der Waals surface area contributed by atoms with Gasteiger partial charge < -0.3 is 36.6 Å². The minimum Gasteiger partial charge on any atom is -0.379 e. The summed E-state index contributed by atoms with van der Waals surface area (Å²) in [5.74, 6) is 0.502. The van der Waals surface area contributed by atoms with Crippen LogP contribution in [0.5, 0.6) is 0 Å². The topological polar surface area (TPSA) is 73.8 Å². The van der Waals surface area contributed by atoms with Gasteiger partial charge in [-0.05, 0) is 68.1 Å². The smallest absolute Gasteiger partial charge is 0.333 e. The predicted octanol–water partition coefficient (Wildman–Crippen LogP) is 6.71. The van der Waals surface area contributed by atoms with Gasteiger partial charge in [0.25, 0.3) is 0 Å². The van der Waals surface area contributed by atoms with Crippen molar-refractivity contribution in [2.24, 2.45) is 16.7 Å². The fourth-order valence-corrected chi connectivity index (χ4v) is 11.8. The second-order valence-corrected chi connectivity index (χ2v) is 16.2. The molecule has 4 rings (SSSR count). The number of hydrogen-bond donors (Lipinski definition) is 0. The molecule has 4 saturated heterocycles. The third kappa shape index (κ3) is 9.20. The predicted molar refractivity (Wildman–Crippen MR) is 158 cm³/mol. The van der Waals surface area contributed by atoms with Crippen molar-refractivity contribution in [3.8, 4) is 0 Å². The maximum absolute atomic E-state index is 6.80. The van der Waals surface area contributed by atoms with E-state index in [4.69, 9.17) is 36.6 Å². The Labute approximate surface area is 236 Å². The molecule has 0 amide bonds. The summed E-state index contributed by atoms with van der Waals surface area (Å²) in [6, 6.07) is 0. The second kappa shape index (κ2) is 17.5. The van der Waals surface area contributed by atoms with E-state index >= 15 is 0 Å². The molecule has 0 bridgehead atoms. The van der Waals surface area contributed by atoms with E-state index in [-0.39, 0.29) is 11.5 Å². The van der Waals surface area contributed by atoms with Crippen LogP contribution < -0.4 is 0 Å². The third-order valence-corrected chi connectivity index (χ3v) is 13.0. The molecule has 4 atom stereocenters. The summed E-state index contributed by atoms with van der Waals surface area (Å²) in [6.07, 6.45) is 13.8. The van der Waals surface area contributed by atoms with Gasteiger partial charge in [-0.15, -0.1) is 17.2 Å². The summed E-state index contributed by atoms with van der Waals surface area (Å²) in [5, 5.41) is 0. The molecule has 0 aliphatic carbocycles. The summed E-state index contributed by atoms with van der Waals surface area (Å²) >= 11 is 0. The van der Waals surface area contributed by atoms with Crippen LogP contribution in [0.15, 0.2) is 0 Å². The molecule has 222 valence electrons. The van der Waals surface area contributed by atoms with Crippen LogP contribution >= 0.6 is 34.4 Å². The Morgan fingerprint density at radius 2 is 1.24 bits per heavy atom. The molecule has 0 saturated carbocycles. The summed E-state index contributed by atoms with van der Waals surface area (Å²) in [4.78, 5) is 0. The van der Waals surface area contributed by atoms with E-state index in [0.29, 0.717) is 57.6 Å². The summed E-state index contributed by atoms with van der Waals surface area (Å²) in [6.45, 7) is 9.66. The van der Waals surface area contributed by atoms with Gasteiger partial charge in [-0.25, -0.2) is 0 Å². The molecule has 0 N–H and O–H groups in total. The summed E-state index contributed by atoms with van der Waals surface area (Å²) in [5.41, 5.74) is 0.0587. The maximum Gasteiger partial charge on any atom is 0.333 e. The zero-order valence-corrected chi connectivity index (χ0v) is 27.2. The van der Waals surface area contributed by atoms with Gasteiger partial charge >= 0.3 is 17.2 Å². The van der Waals surface area contributed by atoms with Gasteiger partial charge in [0.2, 0.25) is 0 Å². The van der Waals surface area contributed by atoms with Crippen molar-refractivity contribution in [1.29, 1.82) is 0 Å². The standard InChI is InChI=1S/C26H50O8P4/c1-3-5-10-27-12-14-29-37-31-20-26(21-32-37)22-33-38(30-15-13-28-11-6-4-2)34-24(26)23-19-36-18-9-25(23)7-16-35-17-8-25/h23-24,35-36H,3-22H2,1-2H3. The van der Waals surface area contributed by atoms with Crippen LogP contribution in [0, 0.1) is 16.7 Å². The fourth-order valence-electron chi connectivity index (χ4n) is 5.84. The first-order chi connectivity index (χ1) is 18.7. The summed E-state index contributed by atoms with van der Waals surface area (Å²) in [7, 11) is -0.655. The van der Waals surface area contributed by atoms with Crippen LogP contribution in [0.1, 0.15) is 58.8 Å². The van der Waals surface area contributed by atoms with E-state index in [1.807, 2.05) is 0 Å². The quantitative estimate of drug-likeness (QED) is 0.149. The average molecular weight is 615 g/mol. The average Bonchev–Trinajstić information content (AvgIpc) is 2.95. The third-order valence-electron chi connectivity index (χ3n) is 8.22. The van der Waals surface area contributed by atoms with Crippen molar-refractivity contribution >= 4 is 34.4 Å². The normalized spacial score (nSPS) is 37.4. The Morgan fingerprint density at radius 3 is 1.84 bits per heavy atom. The van der Waals surface area contributed by atoms with Gasteiger partial charge in [0.05, 0.1) is 57.8 Å². The first-order valence-corrected chi connectivity index (χ1v) is 19.7. The Bertz CT molecular complexity index is 632. The van der Waals surface area contributed by atoms with E-state index in [1.165, 1.54) is 43.9 Å². The molecule has 0 radical (unpaired) electrons. The Kier molecular flexibility index (Phi) is 14.9. The number of hydrogen-bond acceptors (Lipinski definition) is 8. The lowest BCUT2D eigenvalue weighted by Gasteiger charge is -2.56. The monoisotopic (exact) mass is 614 g/mol. The lowest BCUT2D eigenvalue weighted by Crippen LogP contribution is -2.59. The van der Waals surface area contributed by atoms with Crippen LogP contribution in [0.25, 0.3) is 0 Å². The van der Waals surface area contributed by atoms with Gasteiger partial charge in [0.1, 0.15) is 0 Å². The number of ether oxygens (including phenoxy) is 2. The van der Waals surface area contributed by atoms with Crippen LogP contribution in [0.2, 0.25) is 0 Å². The van der Waals surface area contributed by atoms with Gasteiger partial charge in [0, 0.05) is 13.2 Å². The highest BCUT2D eigenvalue weighted by Crippen LogP contribution is 2.62. The summed E-state index contributed by atoms with van der Waals surface area (Å²) < 4.78 is 48.8. The first kappa shape index (κ1) is 32.3. The molecule has 4 heterocycles. The van der Waals surface area contributed by atoms with Crippen molar-refractivity contribution < 1.29 is 36.6 Å². The Morgan fingerprint density at radius 1 is 0.684 bits per heavy atom. The Balaban J connectivity index is 1.36. The molecule has 12 heteroatoms. The van der Waals surface area contributed by atoms with Gasteiger partial charge in [-0.1, -0.05) is 26.7 Å². The van der Waals surface area contributed by atoms with E-state index in [2.05, 4.69) is 13.8 Å². The van der Waals surface area contributed by atoms with Gasteiger partial charge in [-0.3, -0.25) is 0 Å². The molecule has 0 aromatic rings. The lowest BCUT2D eigenvalue weighted by molar-refractivity contribution is -0.153. The van der Waals surface area contributed by atoms with Gasteiger partial charge in [-0.2, -0.15) is 0 Å². The van der Waals surface area contributed by atoms with Crippen molar-refractivity contribution in [3.63, 3.8) is 0 Å². The molecule has 2 spiro atoms. The maximum atomic E-state index is 6.80. The van der Waals surface area contributed by atoms with Crippen molar-refractivity contribution in [1.82, 2.24) is 0 Å². The number of unbranched alkanes of at least 4 members (excludes halogenated alkanes) is 2. The van der Waals surface area contributed by atoms with E-state index in [1.54, 1.807) is 0 Å². The molecular weight excluding hydrogens is 564 g/mol. The van der Waals surface area contributed by atoms with E-state index < -0.39 is 17.2 Å². The molecule has 4 aliphatic rings. The van der Waals surface area contributed by atoms with Crippen LogP contribution in [0.3, 0.4) is 0 Å². The minimum absolute atomic E-state index is 0.0205. The zero-order valence-electron chi connectivity index (χ0n) is 23.5. The molecule has 38 heavy (non-hydrogen) atoms. The largest absolute Gasteiger partial charge is 0.379 e. The highest BCUT2D eigenvalue weighted by molar-refractivity contribution is 7.42. The molecule has 4 unspecified atom stereocenters. The minimum atomic E-state index is -1.41. The number of rotatable bonds is 15. The lowest BCUT2D eigenvalue weighted by atomic mass is 9.62. The fraction of sp³-hybridized carbons (Fsp3) is 1.00. The molecular formula is C26H50O8P4. The molecule has 0 aromatic carbocycles. The SMILES string of the molecule is CCCCOCCOP1OCC2(CO1)COP(OCCOCCCC)OC2C1CPCCC12CCPCC2. The van der Waals surface area contributed by atoms with Crippen LogP contribution in [0.4, 0.5) is 0 Å². The van der Waals surface area contributed by atoms with Crippen molar-refractivity contribution in [2.75, 3.05) is 84.1 Å². The molecule has 0 aromatic heterocycles. The van der Waals surface area contributed by atoms with Crippen LogP contribution in [-0.4, -0.2) is 90.2 Å². The zero-order chi connectivity index (χ0) is 26.5. The van der Waals surface area contributed by atoms with E-state index in [0.717, 1.165) is 56.1 Å². The first-order valence-electron chi connectivity index (χ1n) is 14.7. The Hall–Kier alpha value is 1.40. The van der Waals surface area contributed by atoms with Gasteiger partial charge in [0.15, 0.2) is 0 Å². The molecule has 4 fully saturated rings. The van der Waals surface area contributed by atoms with Crippen molar-refractivity contribution in [3.05, 3.63) is 0 Å².